The largest absolute Gasteiger partial charge is 0.452 e. The molecule has 2 heteroatoms. The molecule has 0 bridgehead atoms. The molecule has 0 radical (unpaired) electrons. The summed E-state index contributed by atoms with van der Waals surface area (Å²) < 4.78 is 6.22. The van der Waals surface area contributed by atoms with Gasteiger partial charge in [0.05, 0.1) is 11.4 Å². The van der Waals surface area contributed by atoms with Crippen LogP contribution in [0.2, 0.25) is 0 Å². The fraction of sp³-hybridized carbons (Fsp3) is 0. The number of hydrogen-bond acceptors (Lipinski definition) is 2. The van der Waals surface area contributed by atoms with Crippen LogP contribution in [0.1, 0.15) is 0 Å². The third-order valence-electron chi connectivity index (χ3n) is 4.45. The normalized spacial score (nSPS) is 12.0. The lowest BCUT2D eigenvalue weighted by molar-refractivity contribution is 0.487. The second-order valence-electron chi connectivity index (χ2n) is 5.97. The summed E-state index contributed by atoms with van der Waals surface area (Å²) >= 11 is 0. The molecule has 1 aliphatic rings. The number of fused-ring (bicyclic) bond motifs is 4. The van der Waals surface area contributed by atoms with Crippen LogP contribution in [-0.4, -0.2) is 0 Å². The van der Waals surface area contributed by atoms with Crippen molar-refractivity contribution in [3.05, 3.63) is 84.9 Å². The molecule has 5 rings (SSSR count). The molecule has 4 aromatic rings. The SMILES string of the molecule is c1ccc(-c2ccc3c(c2)Nc2ccc4ccccc4c2O3)cc1. The Labute approximate surface area is 140 Å². The summed E-state index contributed by atoms with van der Waals surface area (Å²) in [4.78, 5) is 0. The quantitative estimate of drug-likeness (QED) is 0.389. The molecule has 1 N–H and O–H groups in total. The number of ether oxygens (including phenoxy) is 1. The first kappa shape index (κ1) is 13.2. The standard InChI is InChI=1S/C22H15NO/c1-2-6-15(7-3-1)17-11-13-21-20(14-17)23-19-12-10-16-8-4-5-9-18(16)22(19)24-21/h1-14,23H. The molecule has 0 aromatic heterocycles. The average molecular weight is 309 g/mol. The smallest absolute Gasteiger partial charge is 0.158 e. The van der Waals surface area contributed by atoms with Crippen molar-refractivity contribution in [1.82, 2.24) is 0 Å². The van der Waals surface area contributed by atoms with Crippen LogP contribution in [0.5, 0.6) is 11.5 Å². The van der Waals surface area contributed by atoms with Gasteiger partial charge < -0.3 is 10.1 Å². The van der Waals surface area contributed by atoms with Crippen LogP contribution in [0.4, 0.5) is 11.4 Å². The minimum atomic E-state index is 0.860. The Balaban J connectivity index is 1.61. The zero-order chi connectivity index (χ0) is 15.9. The zero-order valence-corrected chi connectivity index (χ0v) is 13.0. The zero-order valence-electron chi connectivity index (χ0n) is 13.0. The maximum absolute atomic E-state index is 6.22. The minimum absolute atomic E-state index is 0.860. The lowest BCUT2D eigenvalue weighted by Crippen LogP contribution is -2.03. The summed E-state index contributed by atoms with van der Waals surface area (Å²) in [5, 5.41) is 5.83. The highest BCUT2D eigenvalue weighted by Gasteiger charge is 2.19. The van der Waals surface area contributed by atoms with E-state index in [0.29, 0.717) is 0 Å². The van der Waals surface area contributed by atoms with E-state index >= 15 is 0 Å². The molecule has 0 saturated heterocycles. The summed E-state index contributed by atoms with van der Waals surface area (Å²) in [5.41, 5.74) is 4.38. The van der Waals surface area contributed by atoms with E-state index in [2.05, 4.69) is 66.0 Å². The molecule has 0 aliphatic carbocycles. The highest BCUT2D eigenvalue weighted by atomic mass is 16.5. The fourth-order valence-electron chi connectivity index (χ4n) is 3.23. The third kappa shape index (κ3) is 2.04. The van der Waals surface area contributed by atoms with Gasteiger partial charge in [-0.1, -0.05) is 66.7 Å². The van der Waals surface area contributed by atoms with Crippen LogP contribution >= 0.6 is 0 Å². The highest BCUT2D eigenvalue weighted by Crippen LogP contribution is 2.46. The van der Waals surface area contributed by atoms with Gasteiger partial charge in [-0.05, 0) is 34.7 Å². The second-order valence-corrected chi connectivity index (χ2v) is 5.97. The molecular formula is C22H15NO. The van der Waals surface area contributed by atoms with Crippen molar-refractivity contribution in [2.45, 2.75) is 0 Å². The maximum atomic E-state index is 6.22. The van der Waals surface area contributed by atoms with Gasteiger partial charge in [0.25, 0.3) is 0 Å². The number of benzene rings is 4. The van der Waals surface area contributed by atoms with E-state index in [1.807, 2.05) is 24.3 Å². The molecule has 0 saturated carbocycles. The predicted octanol–water partition coefficient (Wildman–Crippen LogP) is 6.36. The molecule has 0 fully saturated rings. The Hall–Kier alpha value is -3.26. The van der Waals surface area contributed by atoms with Crippen LogP contribution in [0.3, 0.4) is 0 Å². The van der Waals surface area contributed by atoms with E-state index in [1.165, 1.54) is 16.5 Å². The van der Waals surface area contributed by atoms with Crippen LogP contribution in [-0.2, 0) is 0 Å². The van der Waals surface area contributed by atoms with Crippen LogP contribution < -0.4 is 10.1 Å². The first-order valence-corrected chi connectivity index (χ1v) is 8.04. The van der Waals surface area contributed by atoms with Gasteiger partial charge in [0.2, 0.25) is 0 Å². The average Bonchev–Trinajstić information content (AvgIpc) is 2.66. The summed E-state index contributed by atoms with van der Waals surface area (Å²) in [7, 11) is 0. The van der Waals surface area contributed by atoms with Gasteiger partial charge in [0.15, 0.2) is 11.5 Å². The Morgan fingerprint density at radius 3 is 2.38 bits per heavy atom. The van der Waals surface area contributed by atoms with Crippen molar-refractivity contribution in [3.8, 4) is 22.6 Å². The van der Waals surface area contributed by atoms with Gasteiger partial charge in [-0.3, -0.25) is 0 Å². The lowest BCUT2D eigenvalue weighted by atomic mass is 10.0. The van der Waals surface area contributed by atoms with Crippen molar-refractivity contribution in [3.63, 3.8) is 0 Å². The molecule has 0 spiro atoms. The Morgan fingerprint density at radius 1 is 0.625 bits per heavy atom. The van der Waals surface area contributed by atoms with Gasteiger partial charge in [0.1, 0.15) is 0 Å². The number of nitrogens with one attached hydrogen (secondary N) is 1. The molecule has 114 valence electrons. The third-order valence-corrected chi connectivity index (χ3v) is 4.45. The fourth-order valence-corrected chi connectivity index (χ4v) is 3.23. The predicted molar refractivity (Wildman–Crippen MR) is 99.2 cm³/mol. The second kappa shape index (κ2) is 5.14. The molecule has 1 aliphatic heterocycles. The van der Waals surface area contributed by atoms with Gasteiger partial charge in [-0.25, -0.2) is 0 Å². The van der Waals surface area contributed by atoms with E-state index in [1.54, 1.807) is 0 Å². The molecular weight excluding hydrogens is 294 g/mol. The number of hydrogen-bond donors (Lipinski definition) is 1. The van der Waals surface area contributed by atoms with E-state index in [-0.39, 0.29) is 0 Å². The molecule has 4 aromatic carbocycles. The van der Waals surface area contributed by atoms with Crippen molar-refractivity contribution in [2.75, 3.05) is 5.32 Å². The van der Waals surface area contributed by atoms with Gasteiger partial charge >= 0.3 is 0 Å². The highest BCUT2D eigenvalue weighted by molar-refractivity contribution is 5.96. The van der Waals surface area contributed by atoms with Crippen molar-refractivity contribution < 1.29 is 4.74 Å². The molecule has 24 heavy (non-hydrogen) atoms. The lowest BCUT2D eigenvalue weighted by Gasteiger charge is -2.23. The Morgan fingerprint density at radius 2 is 1.46 bits per heavy atom. The molecule has 0 atom stereocenters. The van der Waals surface area contributed by atoms with Gasteiger partial charge in [-0.15, -0.1) is 0 Å². The topological polar surface area (TPSA) is 21.3 Å². The van der Waals surface area contributed by atoms with Crippen LogP contribution in [0.15, 0.2) is 84.9 Å². The maximum Gasteiger partial charge on any atom is 0.158 e. The molecule has 0 amide bonds. The summed E-state index contributed by atoms with van der Waals surface area (Å²) in [5.74, 6) is 1.76. The first-order valence-electron chi connectivity index (χ1n) is 8.04. The monoisotopic (exact) mass is 309 g/mol. The van der Waals surface area contributed by atoms with Crippen LogP contribution in [0.25, 0.3) is 21.9 Å². The number of rotatable bonds is 1. The summed E-state index contributed by atoms with van der Waals surface area (Å²) in [6.07, 6.45) is 0. The van der Waals surface area contributed by atoms with E-state index in [0.717, 1.165) is 28.3 Å². The van der Waals surface area contributed by atoms with E-state index in [4.69, 9.17) is 4.74 Å². The molecule has 1 heterocycles. The Kier molecular flexibility index (Phi) is 2.83. The first-order chi connectivity index (χ1) is 11.9. The van der Waals surface area contributed by atoms with Crippen molar-refractivity contribution in [1.29, 1.82) is 0 Å². The van der Waals surface area contributed by atoms with E-state index < -0.39 is 0 Å². The minimum Gasteiger partial charge on any atom is -0.452 e. The summed E-state index contributed by atoms with van der Waals surface area (Å²) in [6, 6.07) is 29.2. The number of anilines is 2. The molecule has 0 unspecified atom stereocenters. The summed E-state index contributed by atoms with van der Waals surface area (Å²) in [6.45, 7) is 0. The van der Waals surface area contributed by atoms with E-state index in [9.17, 15) is 0 Å². The Bertz CT molecular complexity index is 1050. The van der Waals surface area contributed by atoms with Crippen molar-refractivity contribution in [2.24, 2.45) is 0 Å². The van der Waals surface area contributed by atoms with Gasteiger partial charge in [-0.2, -0.15) is 0 Å². The van der Waals surface area contributed by atoms with Gasteiger partial charge in [0, 0.05) is 5.39 Å². The molecule has 2 nitrogen and oxygen atoms in total. The van der Waals surface area contributed by atoms with Crippen LogP contribution in [0, 0.1) is 0 Å². The van der Waals surface area contributed by atoms with Crippen molar-refractivity contribution >= 4 is 22.1 Å².